The van der Waals surface area contributed by atoms with Gasteiger partial charge in [0.15, 0.2) is 0 Å². The van der Waals surface area contributed by atoms with E-state index >= 15 is 0 Å². The number of alkyl halides is 3. The fourth-order valence-corrected chi connectivity index (χ4v) is 1.89. The van der Waals surface area contributed by atoms with Crippen molar-refractivity contribution in [3.05, 3.63) is 59.2 Å². The monoisotopic (exact) mass is 291 g/mol. The Morgan fingerprint density at radius 3 is 2.43 bits per heavy atom. The Balaban J connectivity index is 2.32. The zero-order valence-electron chi connectivity index (χ0n) is 11.2. The normalized spacial score (nSPS) is 11.0. The van der Waals surface area contributed by atoms with Gasteiger partial charge in [-0.15, -0.1) is 0 Å². The zero-order chi connectivity index (χ0) is 15.5. The third kappa shape index (κ3) is 3.54. The van der Waals surface area contributed by atoms with Gasteiger partial charge in [0.05, 0.1) is 17.2 Å². The lowest BCUT2D eigenvalue weighted by atomic mass is 10.1. The molecule has 0 bridgehead atoms. The predicted octanol–water partition coefficient (Wildman–Crippen LogP) is 4.93. The van der Waals surface area contributed by atoms with E-state index in [4.69, 9.17) is 10.00 Å². The van der Waals surface area contributed by atoms with Crippen LogP contribution < -0.4 is 4.74 Å². The number of nitrogens with zero attached hydrogens (tertiary/aromatic N) is 1. The molecule has 2 rings (SSSR count). The smallest absolute Gasteiger partial charge is 0.417 e. The van der Waals surface area contributed by atoms with Crippen molar-refractivity contribution in [1.29, 1.82) is 5.26 Å². The highest BCUT2D eigenvalue weighted by Crippen LogP contribution is 2.34. The summed E-state index contributed by atoms with van der Waals surface area (Å²) in [6.07, 6.45) is -3.72. The highest BCUT2D eigenvalue weighted by atomic mass is 19.4. The van der Waals surface area contributed by atoms with Crippen molar-refractivity contribution >= 4 is 0 Å². The first-order valence-corrected chi connectivity index (χ1v) is 6.32. The first kappa shape index (κ1) is 14.9. The van der Waals surface area contributed by atoms with E-state index in [1.165, 1.54) is 6.07 Å². The molecule has 0 N–H and O–H groups in total. The fourth-order valence-electron chi connectivity index (χ4n) is 1.89. The molecule has 0 saturated heterocycles. The van der Waals surface area contributed by atoms with Crippen LogP contribution in [0.5, 0.6) is 11.5 Å². The van der Waals surface area contributed by atoms with E-state index in [9.17, 15) is 13.2 Å². The van der Waals surface area contributed by atoms with Crippen molar-refractivity contribution < 1.29 is 17.9 Å². The maximum atomic E-state index is 12.7. The zero-order valence-corrected chi connectivity index (χ0v) is 11.2. The third-order valence-electron chi connectivity index (χ3n) is 2.96. The highest BCUT2D eigenvalue weighted by molar-refractivity contribution is 5.46. The fraction of sp³-hybridized carbons (Fsp3) is 0.188. The molecule has 0 unspecified atom stereocenters. The average Bonchev–Trinajstić information content (AvgIpc) is 2.46. The molecule has 0 atom stereocenters. The van der Waals surface area contributed by atoms with Gasteiger partial charge in [-0.3, -0.25) is 0 Å². The summed E-state index contributed by atoms with van der Waals surface area (Å²) in [6.45, 7) is 1.99. The van der Waals surface area contributed by atoms with Crippen molar-refractivity contribution in [3.63, 3.8) is 0 Å². The van der Waals surface area contributed by atoms with E-state index in [0.29, 0.717) is 5.75 Å². The molecule has 0 spiro atoms. The number of halogens is 3. The lowest BCUT2D eigenvalue weighted by Gasteiger charge is -2.11. The second kappa shape index (κ2) is 5.88. The van der Waals surface area contributed by atoms with E-state index in [2.05, 4.69) is 0 Å². The number of benzene rings is 2. The molecule has 0 radical (unpaired) electrons. The molecule has 0 aliphatic rings. The Morgan fingerprint density at radius 1 is 1.10 bits per heavy atom. The minimum atomic E-state index is -4.55. The molecular weight excluding hydrogens is 279 g/mol. The molecule has 0 amide bonds. The molecular formula is C16H12F3NO. The predicted molar refractivity (Wildman–Crippen MR) is 72.1 cm³/mol. The van der Waals surface area contributed by atoms with E-state index in [0.717, 1.165) is 24.1 Å². The van der Waals surface area contributed by atoms with Gasteiger partial charge in [-0.05, 0) is 42.3 Å². The SMILES string of the molecule is CCc1cccc(Oc2ccc(C(F)(F)F)c(C#N)c2)c1. The number of aryl methyl sites for hydroxylation is 1. The van der Waals surface area contributed by atoms with Crippen LogP contribution in [0.2, 0.25) is 0 Å². The van der Waals surface area contributed by atoms with Crippen LogP contribution in [0.4, 0.5) is 13.2 Å². The van der Waals surface area contributed by atoms with Gasteiger partial charge < -0.3 is 4.74 Å². The Kier molecular flexibility index (Phi) is 4.18. The molecule has 0 aliphatic carbocycles. The molecule has 2 aromatic carbocycles. The summed E-state index contributed by atoms with van der Waals surface area (Å²) in [6, 6.07) is 12.0. The van der Waals surface area contributed by atoms with Gasteiger partial charge in [0, 0.05) is 0 Å². The number of hydrogen-bond acceptors (Lipinski definition) is 2. The van der Waals surface area contributed by atoms with E-state index in [1.807, 2.05) is 25.1 Å². The maximum Gasteiger partial charge on any atom is 0.417 e. The average molecular weight is 291 g/mol. The summed E-state index contributed by atoms with van der Waals surface area (Å²) in [7, 11) is 0. The molecule has 108 valence electrons. The third-order valence-corrected chi connectivity index (χ3v) is 2.96. The van der Waals surface area contributed by atoms with Crippen molar-refractivity contribution in [2.24, 2.45) is 0 Å². The van der Waals surface area contributed by atoms with Crippen LogP contribution in [-0.2, 0) is 12.6 Å². The van der Waals surface area contributed by atoms with Crippen LogP contribution in [-0.4, -0.2) is 0 Å². The summed E-state index contributed by atoms with van der Waals surface area (Å²) in [5.41, 5.74) is -0.355. The molecule has 0 aromatic heterocycles. The number of ether oxygens (including phenoxy) is 1. The first-order chi connectivity index (χ1) is 9.94. The summed E-state index contributed by atoms with van der Waals surface area (Å²) in [5.74, 6) is 0.728. The minimum absolute atomic E-state index is 0.202. The number of hydrogen-bond donors (Lipinski definition) is 0. The van der Waals surface area contributed by atoms with Crippen LogP contribution in [0.1, 0.15) is 23.6 Å². The van der Waals surface area contributed by atoms with Crippen LogP contribution in [0.3, 0.4) is 0 Å². The molecule has 0 aliphatic heterocycles. The van der Waals surface area contributed by atoms with Gasteiger partial charge in [0.2, 0.25) is 0 Å². The Morgan fingerprint density at radius 2 is 1.81 bits per heavy atom. The molecule has 2 aromatic rings. The number of rotatable bonds is 3. The van der Waals surface area contributed by atoms with Crippen LogP contribution >= 0.6 is 0 Å². The van der Waals surface area contributed by atoms with Crippen molar-refractivity contribution in [1.82, 2.24) is 0 Å². The lowest BCUT2D eigenvalue weighted by molar-refractivity contribution is -0.137. The molecule has 0 fully saturated rings. The van der Waals surface area contributed by atoms with E-state index < -0.39 is 17.3 Å². The molecule has 5 heteroatoms. The van der Waals surface area contributed by atoms with Crippen LogP contribution in [0.25, 0.3) is 0 Å². The Hall–Kier alpha value is -2.48. The largest absolute Gasteiger partial charge is 0.457 e. The second-order valence-corrected chi connectivity index (χ2v) is 4.42. The molecule has 0 saturated carbocycles. The molecule has 21 heavy (non-hydrogen) atoms. The van der Waals surface area contributed by atoms with Gasteiger partial charge >= 0.3 is 6.18 Å². The summed E-state index contributed by atoms with van der Waals surface area (Å²) in [4.78, 5) is 0. The summed E-state index contributed by atoms with van der Waals surface area (Å²) in [5, 5.41) is 8.85. The Bertz CT molecular complexity index is 687. The quantitative estimate of drug-likeness (QED) is 0.803. The van der Waals surface area contributed by atoms with Crippen molar-refractivity contribution in [2.45, 2.75) is 19.5 Å². The van der Waals surface area contributed by atoms with Gasteiger partial charge in [-0.2, -0.15) is 18.4 Å². The topological polar surface area (TPSA) is 33.0 Å². The molecule has 0 heterocycles. The minimum Gasteiger partial charge on any atom is -0.457 e. The van der Waals surface area contributed by atoms with E-state index in [1.54, 1.807) is 12.1 Å². The second-order valence-electron chi connectivity index (χ2n) is 4.42. The maximum absolute atomic E-state index is 12.7. The first-order valence-electron chi connectivity index (χ1n) is 6.32. The van der Waals surface area contributed by atoms with Crippen LogP contribution in [0.15, 0.2) is 42.5 Å². The highest BCUT2D eigenvalue weighted by Gasteiger charge is 2.33. The van der Waals surface area contributed by atoms with Crippen LogP contribution in [0, 0.1) is 11.3 Å². The summed E-state index contributed by atoms with van der Waals surface area (Å²) < 4.78 is 43.6. The number of nitriles is 1. The van der Waals surface area contributed by atoms with Crippen molar-refractivity contribution in [3.8, 4) is 17.6 Å². The van der Waals surface area contributed by atoms with Gasteiger partial charge in [-0.1, -0.05) is 19.1 Å². The Labute approximate surface area is 120 Å². The molecule has 2 nitrogen and oxygen atoms in total. The lowest BCUT2D eigenvalue weighted by Crippen LogP contribution is -2.07. The van der Waals surface area contributed by atoms with Gasteiger partial charge in [0.25, 0.3) is 0 Å². The van der Waals surface area contributed by atoms with Gasteiger partial charge in [-0.25, -0.2) is 0 Å². The summed E-state index contributed by atoms with van der Waals surface area (Å²) >= 11 is 0. The van der Waals surface area contributed by atoms with E-state index in [-0.39, 0.29) is 5.75 Å². The van der Waals surface area contributed by atoms with Gasteiger partial charge in [0.1, 0.15) is 11.5 Å². The standard InChI is InChI=1S/C16H12F3NO/c1-2-11-4-3-5-13(8-11)21-14-6-7-15(16(17,18)19)12(9-14)10-20/h3-9H,2H2,1H3. The van der Waals surface area contributed by atoms with Crippen molar-refractivity contribution in [2.75, 3.05) is 0 Å².